The third-order valence-corrected chi connectivity index (χ3v) is 1.76. The highest BCUT2D eigenvalue weighted by Crippen LogP contribution is 2.21. The average molecular weight is 206 g/mol. The smallest absolute Gasteiger partial charge is 0.00333 e. The zero-order chi connectivity index (χ0) is 5.28. The van der Waals surface area contributed by atoms with Crippen molar-refractivity contribution in [2.75, 3.05) is 0 Å². The summed E-state index contributed by atoms with van der Waals surface area (Å²) in [6.07, 6.45) is 5.61. The highest BCUT2D eigenvalue weighted by molar-refractivity contribution is 14.1. The summed E-state index contributed by atoms with van der Waals surface area (Å²) in [7, 11) is 0. The summed E-state index contributed by atoms with van der Waals surface area (Å²) in [5.41, 5.74) is 1.41. The fourth-order valence-electron chi connectivity index (χ4n) is 0.623. The Balaban J connectivity index is 2.69. The summed E-state index contributed by atoms with van der Waals surface area (Å²) in [4.78, 5) is 0. The van der Waals surface area contributed by atoms with Crippen molar-refractivity contribution in [2.45, 2.75) is 13.3 Å². The minimum atomic E-state index is 1.16. The van der Waals surface area contributed by atoms with Crippen molar-refractivity contribution in [3.63, 3.8) is 0 Å². The van der Waals surface area contributed by atoms with Crippen molar-refractivity contribution in [3.8, 4) is 0 Å². The molecule has 0 aromatic rings. The summed E-state index contributed by atoms with van der Waals surface area (Å²) in [5.74, 6) is 0. The number of hydrogen-bond donors (Lipinski definition) is 0. The molecule has 0 saturated heterocycles. The number of rotatable bonds is 0. The van der Waals surface area contributed by atoms with Crippen LogP contribution in [0.2, 0.25) is 0 Å². The van der Waals surface area contributed by atoms with Crippen LogP contribution in [0.15, 0.2) is 21.3 Å². The van der Waals surface area contributed by atoms with E-state index in [0.717, 1.165) is 6.42 Å². The second-order valence-corrected chi connectivity index (χ2v) is 3.13. The van der Waals surface area contributed by atoms with E-state index in [4.69, 9.17) is 0 Å². The molecule has 0 N–H and O–H groups in total. The van der Waals surface area contributed by atoms with Gasteiger partial charge in [0.05, 0.1) is 0 Å². The van der Waals surface area contributed by atoms with E-state index in [9.17, 15) is 0 Å². The first-order valence-electron chi connectivity index (χ1n) is 2.32. The third-order valence-electron chi connectivity index (χ3n) is 1.00. The maximum atomic E-state index is 2.36. The van der Waals surface area contributed by atoms with Gasteiger partial charge in [-0.05, 0) is 45.6 Å². The van der Waals surface area contributed by atoms with Gasteiger partial charge in [0.25, 0.3) is 0 Å². The van der Waals surface area contributed by atoms with Crippen molar-refractivity contribution in [1.29, 1.82) is 0 Å². The van der Waals surface area contributed by atoms with Crippen LogP contribution in [-0.2, 0) is 0 Å². The normalized spacial score (nSPS) is 19.1. The summed E-state index contributed by atoms with van der Waals surface area (Å²) in [6.45, 7) is 2.13. The molecule has 1 aliphatic carbocycles. The molecular formula is C6H7I. The van der Waals surface area contributed by atoms with Gasteiger partial charge in [0.2, 0.25) is 0 Å². The first kappa shape index (κ1) is 5.35. The number of hydrogen-bond acceptors (Lipinski definition) is 0. The van der Waals surface area contributed by atoms with Crippen molar-refractivity contribution in [3.05, 3.63) is 21.3 Å². The van der Waals surface area contributed by atoms with Crippen molar-refractivity contribution in [2.24, 2.45) is 0 Å². The van der Waals surface area contributed by atoms with E-state index < -0.39 is 0 Å². The Morgan fingerprint density at radius 1 is 1.71 bits per heavy atom. The molecule has 0 aromatic heterocycles. The lowest BCUT2D eigenvalue weighted by atomic mass is 10.3. The van der Waals surface area contributed by atoms with Gasteiger partial charge >= 0.3 is 0 Å². The molecule has 7 heavy (non-hydrogen) atoms. The van der Waals surface area contributed by atoms with Crippen LogP contribution in [0.4, 0.5) is 0 Å². The van der Waals surface area contributed by atoms with Crippen molar-refractivity contribution in [1.82, 2.24) is 0 Å². The summed E-state index contributed by atoms with van der Waals surface area (Å²) >= 11 is 2.36. The van der Waals surface area contributed by atoms with Crippen molar-refractivity contribution >= 4 is 22.6 Å². The summed E-state index contributed by atoms with van der Waals surface area (Å²) < 4.78 is 1.45. The second-order valence-electron chi connectivity index (χ2n) is 1.74. The first-order chi connectivity index (χ1) is 3.29. The van der Waals surface area contributed by atoms with Crippen molar-refractivity contribution < 1.29 is 0 Å². The van der Waals surface area contributed by atoms with Gasteiger partial charge in [0.1, 0.15) is 0 Å². The van der Waals surface area contributed by atoms with Gasteiger partial charge in [-0.1, -0.05) is 11.6 Å². The van der Waals surface area contributed by atoms with Gasteiger partial charge in [-0.25, -0.2) is 0 Å². The summed E-state index contributed by atoms with van der Waals surface area (Å²) in [5, 5.41) is 0. The SMILES string of the molecule is CC1=CCC(I)=C1. The molecule has 0 atom stereocenters. The Labute approximate surface area is 57.4 Å². The Hall–Kier alpha value is 0.210. The van der Waals surface area contributed by atoms with E-state index in [-0.39, 0.29) is 0 Å². The predicted octanol–water partition coefficient (Wildman–Crippen LogP) is 2.66. The Bertz CT molecular complexity index is 131. The topological polar surface area (TPSA) is 0 Å². The van der Waals surface area contributed by atoms with Gasteiger partial charge in [-0.2, -0.15) is 0 Å². The van der Waals surface area contributed by atoms with Crippen LogP contribution in [0, 0.1) is 0 Å². The van der Waals surface area contributed by atoms with Crippen LogP contribution >= 0.6 is 22.6 Å². The molecule has 0 bridgehead atoms. The molecule has 0 amide bonds. The molecule has 0 aromatic carbocycles. The zero-order valence-corrected chi connectivity index (χ0v) is 6.40. The van der Waals surface area contributed by atoms with Crippen LogP contribution in [0.1, 0.15) is 13.3 Å². The fraction of sp³-hybridized carbons (Fsp3) is 0.333. The van der Waals surface area contributed by atoms with E-state index in [1.807, 2.05) is 0 Å². The molecule has 1 rings (SSSR count). The highest BCUT2D eigenvalue weighted by atomic mass is 127. The Morgan fingerprint density at radius 2 is 2.43 bits per heavy atom. The molecule has 0 spiro atoms. The third kappa shape index (κ3) is 1.30. The zero-order valence-electron chi connectivity index (χ0n) is 4.24. The second kappa shape index (κ2) is 1.99. The van der Waals surface area contributed by atoms with Crippen LogP contribution < -0.4 is 0 Å². The molecule has 0 saturated carbocycles. The fourth-order valence-corrected chi connectivity index (χ4v) is 1.33. The molecule has 0 heterocycles. The average Bonchev–Trinajstić information content (AvgIpc) is 1.87. The van der Waals surface area contributed by atoms with Crippen LogP contribution in [0.3, 0.4) is 0 Å². The van der Waals surface area contributed by atoms with Gasteiger partial charge in [0.15, 0.2) is 0 Å². The Morgan fingerprint density at radius 3 is 2.57 bits per heavy atom. The molecule has 38 valence electrons. The van der Waals surface area contributed by atoms with Crippen LogP contribution in [0.5, 0.6) is 0 Å². The molecule has 0 aliphatic heterocycles. The van der Waals surface area contributed by atoms with Gasteiger partial charge in [-0.15, -0.1) is 0 Å². The van der Waals surface area contributed by atoms with Gasteiger partial charge in [-0.3, -0.25) is 0 Å². The quantitative estimate of drug-likeness (QED) is 0.534. The maximum Gasteiger partial charge on any atom is -0.00333 e. The monoisotopic (exact) mass is 206 g/mol. The molecule has 1 heteroatoms. The minimum Gasteiger partial charge on any atom is -0.0767 e. The van der Waals surface area contributed by atoms with Gasteiger partial charge < -0.3 is 0 Å². The van der Waals surface area contributed by atoms with E-state index in [2.05, 4.69) is 41.7 Å². The van der Waals surface area contributed by atoms with E-state index in [0.29, 0.717) is 0 Å². The molecule has 0 nitrogen and oxygen atoms in total. The molecular weight excluding hydrogens is 199 g/mol. The summed E-state index contributed by atoms with van der Waals surface area (Å²) in [6, 6.07) is 0. The van der Waals surface area contributed by atoms with E-state index in [1.54, 1.807) is 0 Å². The molecule has 0 unspecified atom stereocenters. The highest BCUT2D eigenvalue weighted by Gasteiger charge is 1.95. The van der Waals surface area contributed by atoms with E-state index >= 15 is 0 Å². The Kier molecular flexibility index (Phi) is 1.52. The lowest BCUT2D eigenvalue weighted by Gasteiger charge is -1.76. The molecule has 1 aliphatic rings. The number of allylic oxidation sites excluding steroid dienone is 4. The van der Waals surface area contributed by atoms with Crippen LogP contribution in [-0.4, -0.2) is 0 Å². The largest absolute Gasteiger partial charge is 0.0767 e. The van der Waals surface area contributed by atoms with E-state index in [1.165, 1.54) is 9.15 Å². The predicted molar refractivity (Wildman–Crippen MR) is 40.5 cm³/mol. The lowest BCUT2D eigenvalue weighted by molar-refractivity contribution is 1.41. The number of halogens is 1. The lowest BCUT2D eigenvalue weighted by Crippen LogP contribution is -1.52. The minimum absolute atomic E-state index is 1.16. The standard InChI is InChI=1S/C6H7I/c1-5-2-3-6(7)4-5/h2,4H,3H2,1H3. The molecule has 0 fully saturated rings. The molecule has 0 radical (unpaired) electrons. The first-order valence-corrected chi connectivity index (χ1v) is 3.40. The maximum absolute atomic E-state index is 2.36. The van der Waals surface area contributed by atoms with Crippen LogP contribution in [0.25, 0.3) is 0 Å². The van der Waals surface area contributed by atoms with Gasteiger partial charge in [0, 0.05) is 0 Å².